The van der Waals surface area contributed by atoms with Crippen molar-refractivity contribution in [1.29, 1.82) is 0 Å². The van der Waals surface area contributed by atoms with Gasteiger partial charge in [-0.2, -0.15) is 0 Å². The molecule has 0 atom stereocenters. The molecule has 0 N–H and O–H groups in total. The van der Waals surface area contributed by atoms with Crippen LogP contribution < -0.4 is 4.74 Å². The van der Waals surface area contributed by atoms with Crippen LogP contribution >= 0.6 is 0 Å². The molecule has 1 heterocycles. The fourth-order valence-electron chi connectivity index (χ4n) is 2.67. The van der Waals surface area contributed by atoms with Crippen molar-refractivity contribution in [3.05, 3.63) is 39.2 Å². The van der Waals surface area contributed by atoms with E-state index in [0.29, 0.717) is 12.1 Å². The second kappa shape index (κ2) is 9.30. The Hall–Kier alpha value is -2.46. The summed E-state index contributed by atoms with van der Waals surface area (Å²) in [5.41, 5.74) is 0.812. The lowest BCUT2D eigenvalue weighted by atomic mass is 9.97. The van der Waals surface area contributed by atoms with Gasteiger partial charge in [-0.3, -0.25) is 10.1 Å². The number of rotatable bonds is 7. The lowest BCUT2D eigenvalue weighted by Crippen LogP contribution is -2.35. The number of hydrogen-bond acceptors (Lipinski definition) is 7. The summed E-state index contributed by atoms with van der Waals surface area (Å²) < 4.78 is 28.6. The molecule has 0 aliphatic carbocycles. The normalized spacial score (nSPS) is 16.3. The highest BCUT2D eigenvalue weighted by molar-refractivity contribution is 6.23. The summed E-state index contributed by atoms with van der Waals surface area (Å²) in [5.74, 6) is -2.26. The third-order valence-electron chi connectivity index (χ3n) is 3.78. The van der Waals surface area contributed by atoms with Gasteiger partial charge in [0.15, 0.2) is 12.4 Å². The number of nitro benzene ring substituents is 1. The Morgan fingerprint density at radius 1 is 1.46 bits per heavy atom. The fourth-order valence-corrected chi connectivity index (χ4v) is 2.67. The topological polar surface area (TPSA) is 91.1 Å². The summed E-state index contributed by atoms with van der Waals surface area (Å²) in [4.78, 5) is 23.6. The van der Waals surface area contributed by atoms with E-state index in [1.807, 2.05) is 4.81 Å². The number of benzene rings is 1. The summed E-state index contributed by atoms with van der Waals surface area (Å²) in [5, 5.41) is 11.3. The van der Waals surface area contributed by atoms with E-state index in [0.717, 1.165) is 38.1 Å². The van der Waals surface area contributed by atoms with Crippen LogP contribution in [0.4, 0.5) is 10.1 Å². The van der Waals surface area contributed by atoms with Crippen LogP contribution in [0.5, 0.6) is 5.75 Å². The van der Waals surface area contributed by atoms with Crippen molar-refractivity contribution in [3.8, 4) is 5.75 Å². The maximum absolute atomic E-state index is 14.3. The number of nitro groups is 1. The van der Waals surface area contributed by atoms with E-state index in [2.05, 4.69) is 4.74 Å². The summed E-state index contributed by atoms with van der Waals surface area (Å²) in [6.07, 6.45) is 3.43. The Labute approximate surface area is 151 Å². The first-order valence-electron chi connectivity index (χ1n) is 7.91. The van der Waals surface area contributed by atoms with Crippen LogP contribution in [0.3, 0.4) is 0 Å². The van der Waals surface area contributed by atoms with Gasteiger partial charge in [0.2, 0.25) is 5.75 Å². The van der Waals surface area contributed by atoms with Crippen LogP contribution in [0.15, 0.2) is 17.7 Å². The number of ether oxygens (including phenoxy) is 2. The van der Waals surface area contributed by atoms with Gasteiger partial charge < -0.3 is 18.9 Å². The SMILES string of the molecule is CO[B]N1CCC/C(=C\c2cc(F)c(OCC(=O)OC)c([N+](=O)[O-])c2)C1. The zero-order chi connectivity index (χ0) is 19.1. The van der Waals surface area contributed by atoms with E-state index in [1.54, 1.807) is 20.8 Å². The van der Waals surface area contributed by atoms with Crippen LogP contribution in [-0.2, 0) is 14.2 Å². The zero-order valence-corrected chi connectivity index (χ0v) is 14.6. The number of carbonyl (C=O) groups is 1. The summed E-state index contributed by atoms with van der Waals surface area (Å²) in [6, 6.07) is 2.37. The summed E-state index contributed by atoms with van der Waals surface area (Å²) in [6.45, 7) is 0.834. The number of carbonyl (C=O) groups excluding carboxylic acids is 1. The predicted molar refractivity (Wildman–Crippen MR) is 92.1 cm³/mol. The molecular formula is C16H19BFN2O6. The minimum Gasteiger partial charge on any atom is -0.473 e. The smallest absolute Gasteiger partial charge is 0.398 e. The number of piperidine rings is 1. The fraction of sp³-hybridized carbons (Fsp3) is 0.438. The number of methoxy groups -OCH3 is 1. The Morgan fingerprint density at radius 2 is 2.23 bits per heavy atom. The van der Waals surface area contributed by atoms with Crippen molar-refractivity contribution in [1.82, 2.24) is 4.81 Å². The molecule has 2 rings (SSSR count). The van der Waals surface area contributed by atoms with Crippen LogP contribution in [0.1, 0.15) is 18.4 Å². The molecule has 0 unspecified atom stereocenters. The van der Waals surface area contributed by atoms with Gasteiger partial charge in [0.25, 0.3) is 0 Å². The maximum Gasteiger partial charge on any atom is 0.398 e. The molecule has 8 nitrogen and oxygen atoms in total. The lowest BCUT2D eigenvalue weighted by molar-refractivity contribution is -0.386. The molecule has 1 aliphatic rings. The van der Waals surface area contributed by atoms with Gasteiger partial charge in [0.05, 0.1) is 12.0 Å². The molecule has 1 aliphatic heterocycles. The Kier molecular flexibility index (Phi) is 7.11. The molecular weight excluding hydrogens is 346 g/mol. The van der Waals surface area contributed by atoms with E-state index >= 15 is 0 Å². The van der Waals surface area contributed by atoms with Crippen molar-refractivity contribution in [3.63, 3.8) is 0 Å². The van der Waals surface area contributed by atoms with Gasteiger partial charge >= 0.3 is 19.3 Å². The Morgan fingerprint density at radius 3 is 2.88 bits per heavy atom. The molecule has 10 heteroatoms. The molecule has 0 saturated carbocycles. The Balaban J connectivity index is 2.26. The molecule has 0 spiro atoms. The highest BCUT2D eigenvalue weighted by Crippen LogP contribution is 2.33. The van der Waals surface area contributed by atoms with E-state index < -0.39 is 34.8 Å². The lowest BCUT2D eigenvalue weighted by Gasteiger charge is -2.26. The van der Waals surface area contributed by atoms with Crippen molar-refractivity contribution in [2.24, 2.45) is 0 Å². The number of nitrogens with zero attached hydrogens (tertiary/aromatic N) is 2. The largest absolute Gasteiger partial charge is 0.473 e. The van der Waals surface area contributed by atoms with E-state index in [4.69, 9.17) is 9.39 Å². The number of halogens is 1. The van der Waals surface area contributed by atoms with Gasteiger partial charge in [-0.05, 0) is 31.0 Å². The van der Waals surface area contributed by atoms with E-state index in [-0.39, 0.29) is 0 Å². The molecule has 1 aromatic rings. The van der Waals surface area contributed by atoms with Crippen molar-refractivity contribution in [2.75, 3.05) is 33.9 Å². The monoisotopic (exact) mass is 365 g/mol. The highest BCUT2D eigenvalue weighted by atomic mass is 19.1. The zero-order valence-electron chi connectivity index (χ0n) is 14.6. The second-order valence-electron chi connectivity index (χ2n) is 5.69. The third kappa shape index (κ3) is 5.27. The predicted octanol–water partition coefficient (Wildman–Crippen LogP) is 1.95. The summed E-state index contributed by atoms with van der Waals surface area (Å²) in [7, 11) is 4.31. The molecule has 0 amide bonds. The second-order valence-corrected chi connectivity index (χ2v) is 5.69. The number of hydrogen-bond donors (Lipinski definition) is 0. The number of esters is 1. The first-order valence-corrected chi connectivity index (χ1v) is 7.91. The molecule has 1 aromatic carbocycles. The van der Waals surface area contributed by atoms with Gasteiger partial charge in [-0.15, -0.1) is 0 Å². The average Bonchev–Trinajstić information content (AvgIpc) is 2.60. The molecule has 0 aromatic heterocycles. The van der Waals surface area contributed by atoms with E-state index in [1.165, 1.54) is 6.07 Å². The minimum atomic E-state index is -0.911. The molecule has 1 saturated heterocycles. The third-order valence-corrected chi connectivity index (χ3v) is 3.78. The van der Waals surface area contributed by atoms with Crippen molar-refractivity contribution < 1.29 is 28.2 Å². The Bertz CT molecular complexity index is 710. The van der Waals surface area contributed by atoms with Crippen molar-refractivity contribution in [2.45, 2.75) is 12.8 Å². The molecule has 26 heavy (non-hydrogen) atoms. The van der Waals surface area contributed by atoms with Crippen LogP contribution in [0.2, 0.25) is 0 Å². The van der Waals surface area contributed by atoms with E-state index in [9.17, 15) is 19.3 Å². The standard InChI is InChI=1S/C16H19BFN2O6/c1-24-15(21)10-26-16-13(18)7-12(8-14(16)20(22)23)6-11-4-3-5-19(9-11)17-25-2/h6-8H,3-5,9-10H2,1-2H3/b11-6+. The molecule has 0 bridgehead atoms. The first kappa shape index (κ1) is 19.9. The van der Waals surface area contributed by atoms with Gasteiger partial charge in [0, 0.05) is 19.7 Å². The maximum atomic E-state index is 14.3. The summed E-state index contributed by atoms with van der Waals surface area (Å²) >= 11 is 0. The van der Waals surface area contributed by atoms with Gasteiger partial charge in [-0.1, -0.05) is 11.6 Å². The minimum absolute atomic E-state index is 0.355. The molecule has 1 radical (unpaired) electrons. The quantitative estimate of drug-likeness (QED) is 0.316. The van der Waals surface area contributed by atoms with Crippen LogP contribution in [-0.4, -0.2) is 57.2 Å². The van der Waals surface area contributed by atoms with Gasteiger partial charge in [0.1, 0.15) is 0 Å². The van der Waals surface area contributed by atoms with Gasteiger partial charge in [-0.25, -0.2) is 9.18 Å². The van der Waals surface area contributed by atoms with Crippen LogP contribution in [0, 0.1) is 15.9 Å². The molecule has 1 fully saturated rings. The first-order chi connectivity index (χ1) is 12.4. The highest BCUT2D eigenvalue weighted by Gasteiger charge is 2.23. The molecule has 139 valence electrons. The van der Waals surface area contributed by atoms with Crippen molar-refractivity contribution >= 4 is 25.3 Å². The average molecular weight is 365 g/mol. The van der Waals surface area contributed by atoms with Crippen LogP contribution in [0.25, 0.3) is 6.08 Å².